The molecule has 0 aliphatic heterocycles. The Morgan fingerprint density at radius 1 is 1.36 bits per heavy atom. The molecule has 11 heavy (non-hydrogen) atoms. The Morgan fingerprint density at radius 2 is 2.00 bits per heavy atom. The summed E-state index contributed by atoms with van der Waals surface area (Å²) in [6.45, 7) is 11.9. The first-order valence-electron chi connectivity index (χ1n) is 3.88. The van der Waals surface area contributed by atoms with Gasteiger partial charge in [0.25, 0.3) is 0 Å². The third kappa shape index (κ3) is 1.21. The van der Waals surface area contributed by atoms with E-state index in [2.05, 4.69) is 33.1 Å². The van der Waals surface area contributed by atoms with E-state index in [1.165, 1.54) is 16.7 Å². The average Bonchev–Trinajstić information content (AvgIpc) is 2.28. The van der Waals surface area contributed by atoms with E-state index in [9.17, 15) is 0 Å². The lowest BCUT2D eigenvalue weighted by atomic mass is 9.98. The predicted molar refractivity (Wildman–Crippen MR) is 50.3 cm³/mol. The molecule has 0 heteroatoms. The van der Waals surface area contributed by atoms with Crippen LogP contribution in [0.1, 0.15) is 13.8 Å². The maximum Gasteiger partial charge on any atom is 0.00260 e. The zero-order valence-corrected chi connectivity index (χ0v) is 7.22. The smallest absolute Gasteiger partial charge is 0.00260 e. The second kappa shape index (κ2) is 2.91. The third-order valence-corrected chi connectivity index (χ3v) is 2.31. The maximum absolute atomic E-state index is 3.79. The molecular weight excluding hydrogens is 132 g/mol. The van der Waals surface area contributed by atoms with Crippen molar-refractivity contribution in [1.29, 1.82) is 0 Å². The maximum atomic E-state index is 3.79. The highest BCUT2D eigenvalue weighted by atomic mass is 14.2. The molecule has 0 fully saturated rings. The Balaban J connectivity index is 3.07. The fourth-order valence-corrected chi connectivity index (χ4v) is 1.42. The molecule has 1 rings (SSSR count). The van der Waals surface area contributed by atoms with Crippen LogP contribution >= 0.6 is 0 Å². The Bertz CT molecular complexity index is 251. The molecular formula is C11H14. The molecule has 0 aromatic rings. The van der Waals surface area contributed by atoms with Crippen LogP contribution in [0.3, 0.4) is 0 Å². The minimum Gasteiger partial charge on any atom is -0.0987 e. The van der Waals surface area contributed by atoms with Crippen molar-refractivity contribution < 1.29 is 0 Å². The van der Waals surface area contributed by atoms with Gasteiger partial charge in [-0.25, -0.2) is 0 Å². The molecule has 1 aliphatic rings. The van der Waals surface area contributed by atoms with Crippen LogP contribution in [0.25, 0.3) is 0 Å². The Hall–Kier alpha value is -1.04. The number of allylic oxidation sites excluding steroid dienone is 6. The van der Waals surface area contributed by atoms with Crippen LogP contribution in [0, 0.1) is 5.92 Å². The standard InChI is InChI=1S/C11H14/c1-5-10-7-8(3)9(4)11(10)6-2/h5-7,9H,1-2H2,3-4H3. The number of hydrogen-bond acceptors (Lipinski definition) is 0. The highest BCUT2D eigenvalue weighted by molar-refractivity contribution is 5.50. The molecule has 58 valence electrons. The lowest BCUT2D eigenvalue weighted by Crippen LogP contribution is -1.93. The van der Waals surface area contributed by atoms with E-state index in [1.54, 1.807) is 0 Å². The van der Waals surface area contributed by atoms with Crippen LogP contribution < -0.4 is 0 Å². The van der Waals surface area contributed by atoms with Gasteiger partial charge < -0.3 is 0 Å². The Labute approximate surface area is 68.6 Å². The Morgan fingerprint density at radius 3 is 2.36 bits per heavy atom. The van der Waals surface area contributed by atoms with Gasteiger partial charge in [0.1, 0.15) is 0 Å². The van der Waals surface area contributed by atoms with Gasteiger partial charge in [-0.05, 0) is 18.1 Å². The monoisotopic (exact) mass is 146 g/mol. The van der Waals surface area contributed by atoms with Gasteiger partial charge in [0, 0.05) is 5.92 Å². The van der Waals surface area contributed by atoms with E-state index in [4.69, 9.17) is 0 Å². The topological polar surface area (TPSA) is 0 Å². The summed E-state index contributed by atoms with van der Waals surface area (Å²) in [7, 11) is 0. The number of hydrogen-bond donors (Lipinski definition) is 0. The molecule has 0 saturated carbocycles. The molecule has 0 N–H and O–H groups in total. The van der Waals surface area contributed by atoms with Gasteiger partial charge in [0.2, 0.25) is 0 Å². The van der Waals surface area contributed by atoms with Crippen LogP contribution in [0.5, 0.6) is 0 Å². The van der Waals surface area contributed by atoms with Crippen LogP contribution in [-0.2, 0) is 0 Å². The lowest BCUT2D eigenvalue weighted by molar-refractivity contribution is 0.842. The van der Waals surface area contributed by atoms with Gasteiger partial charge in [0.15, 0.2) is 0 Å². The van der Waals surface area contributed by atoms with E-state index in [0.717, 1.165) is 0 Å². The van der Waals surface area contributed by atoms with E-state index in [0.29, 0.717) is 5.92 Å². The van der Waals surface area contributed by atoms with Crippen LogP contribution in [-0.4, -0.2) is 0 Å². The van der Waals surface area contributed by atoms with Gasteiger partial charge >= 0.3 is 0 Å². The van der Waals surface area contributed by atoms with Gasteiger partial charge in [0.05, 0.1) is 0 Å². The fourth-order valence-electron chi connectivity index (χ4n) is 1.42. The summed E-state index contributed by atoms with van der Waals surface area (Å²) >= 11 is 0. The van der Waals surface area contributed by atoms with Crippen molar-refractivity contribution in [3.8, 4) is 0 Å². The third-order valence-electron chi connectivity index (χ3n) is 2.31. The summed E-state index contributed by atoms with van der Waals surface area (Å²) in [5.41, 5.74) is 3.93. The van der Waals surface area contributed by atoms with Crippen molar-refractivity contribution in [1.82, 2.24) is 0 Å². The van der Waals surface area contributed by atoms with Crippen molar-refractivity contribution in [2.24, 2.45) is 5.92 Å². The molecule has 0 nitrogen and oxygen atoms in total. The normalized spacial score (nSPS) is 23.5. The van der Waals surface area contributed by atoms with Crippen molar-refractivity contribution >= 4 is 0 Å². The highest BCUT2D eigenvalue weighted by Crippen LogP contribution is 2.31. The molecule has 0 aromatic carbocycles. The average molecular weight is 146 g/mol. The summed E-state index contributed by atoms with van der Waals surface area (Å²) in [6, 6.07) is 0. The van der Waals surface area contributed by atoms with E-state index in [-0.39, 0.29) is 0 Å². The molecule has 1 unspecified atom stereocenters. The van der Waals surface area contributed by atoms with Crippen molar-refractivity contribution in [3.63, 3.8) is 0 Å². The fraction of sp³-hybridized carbons (Fsp3) is 0.273. The quantitative estimate of drug-likeness (QED) is 0.561. The molecule has 1 aliphatic carbocycles. The summed E-state index contributed by atoms with van der Waals surface area (Å²) in [5, 5.41) is 0. The SMILES string of the molecule is C=CC1=C(C=C)C(C)C(C)=C1. The minimum absolute atomic E-state index is 0.528. The molecule has 1 atom stereocenters. The Kier molecular flexibility index (Phi) is 2.13. The lowest BCUT2D eigenvalue weighted by Gasteiger charge is -2.06. The first-order chi connectivity index (χ1) is 5.20. The predicted octanol–water partition coefficient (Wildman–Crippen LogP) is 3.25. The molecule has 0 bridgehead atoms. The second-order valence-electron chi connectivity index (χ2n) is 2.93. The van der Waals surface area contributed by atoms with Crippen molar-refractivity contribution in [3.05, 3.63) is 48.1 Å². The molecule has 0 heterocycles. The molecule has 0 radical (unpaired) electrons. The van der Waals surface area contributed by atoms with Crippen LogP contribution in [0.2, 0.25) is 0 Å². The molecule has 0 amide bonds. The second-order valence-corrected chi connectivity index (χ2v) is 2.93. The summed E-state index contributed by atoms with van der Waals surface area (Å²) < 4.78 is 0. The molecule has 0 spiro atoms. The molecule has 0 saturated heterocycles. The van der Waals surface area contributed by atoms with Gasteiger partial charge in [-0.1, -0.05) is 43.9 Å². The van der Waals surface area contributed by atoms with Crippen LogP contribution in [0.15, 0.2) is 48.1 Å². The van der Waals surface area contributed by atoms with Crippen molar-refractivity contribution in [2.75, 3.05) is 0 Å². The van der Waals surface area contributed by atoms with E-state index < -0.39 is 0 Å². The first kappa shape index (κ1) is 8.06. The van der Waals surface area contributed by atoms with E-state index in [1.807, 2.05) is 12.2 Å². The summed E-state index contributed by atoms with van der Waals surface area (Å²) in [6.07, 6.45) is 5.99. The molecule has 0 aromatic heterocycles. The first-order valence-corrected chi connectivity index (χ1v) is 3.88. The zero-order valence-electron chi connectivity index (χ0n) is 7.22. The summed E-state index contributed by atoms with van der Waals surface area (Å²) in [5.74, 6) is 0.528. The van der Waals surface area contributed by atoms with Gasteiger partial charge in [-0.2, -0.15) is 0 Å². The minimum atomic E-state index is 0.528. The van der Waals surface area contributed by atoms with Gasteiger partial charge in [-0.3, -0.25) is 0 Å². The highest BCUT2D eigenvalue weighted by Gasteiger charge is 2.16. The van der Waals surface area contributed by atoms with Gasteiger partial charge in [-0.15, -0.1) is 0 Å². The zero-order chi connectivity index (χ0) is 8.43. The van der Waals surface area contributed by atoms with E-state index >= 15 is 0 Å². The van der Waals surface area contributed by atoms with Crippen molar-refractivity contribution in [2.45, 2.75) is 13.8 Å². The van der Waals surface area contributed by atoms with Crippen LogP contribution in [0.4, 0.5) is 0 Å². The largest absolute Gasteiger partial charge is 0.0987 e. The summed E-state index contributed by atoms with van der Waals surface area (Å²) in [4.78, 5) is 0. The number of rotatable bonds is 2.